The maximum Gasteiger partial charge on any atom is 0.250 e. The minimum atomic E-state index is 0.0400. The Labute approximate surface area is 130 Å². The number of benzene rings is 1. The van der Waals surface area contributed by atoms with Gasteiger partial charge in [0.25, 0.3) is 5.56 Å². The first-order valence-corrected chi connectivity index (χ1v) is 7.74. The van der Waals surface area contributed by atoms with Gasteiger partial charge in [0.1, 0.15) is 0 Å². The third-order valence-corrected chi connectivity index (χ3v) is 3.68. The molecule has 0 aliphatic carbocycles. The lowest BCUT2D eigenvalue weighted by Crippen LogP contribution is -2.19. The van der Waals surface area contributed by atoms with Gasteiger partial charge in [-0.05, 0) is 36.6 Å². The third kappa shape index (κ3) is 4.11. The van der Waals surface area contributed by atoms with Crippen molar-refractivity contribution in [3.8, 4) is 0 Å². The van der Waals surface area contributed by atoms with E-state index in [9.17, 15) is 4.79 Å². The fourth-order valence-electron chi connectivity index (χ4n) is 2.38. The molecule has 4 heteroatoms. The van der Waals surface area contributed by atoms with Crippen molar-refractivity contribution < 1.29 is 0 Å². The Kier molecular flexibility index (Phi) is 5.45. The van der Waals surface area contributed by atoms with Gasteiger partial charge in [0.05, 0.1) is 11.7 Å². The van der Waals surface area contributed by atoms with Crippen LogP contribution in [0.25, 0.3) is 0 Å². The molecular weight excluding hydrogens is 284 g/mol. The summed E-state index contributed by atoms with van der Waals surface area (Å²) in [5.74, 6) is 0. The minimum absolute atomic E-state index is 0.0400. The molecule has 0 saturated heterocycles. The monoisotopic (exact) mass is 304 g/mol. The van der Waals surface area contributed by atoms with Crippen LogP contribution in [0.4, 0.5) is 5.69 Å². The van der Waals surface area contributed by atoms with Crippen LogP contribution in [0, 0.1) is 0 Å². The van der Waals surface area contributed by atoms with Gasteiger partial charge in [-0.1, -0.05) is 37.6 Å². The van der Waals surface area contributed by atoms with Crippen molar-refractivity contribution in [3.05, 3.63) is 63.5 Å². The van der Waals surface area contributed by atoms with Crippen LogP contribution in [0.15, 0.2) is 47.4 Å². The SMILES string of the molecule is CCCn1cc(NC(CC)c2cccc(Cl)c2)ccc1=O. The lowest BCUT2D eigenvalue weighted by atomic mass is 10.0. The van der Waals surface area contributed by atoms with Crippen LogP contribution in [0.5, 0.6) is 0 Å². The molecule has 2 rings (SSSR count). The average molecular weight is 305 g/mol. The Hall–Kier alpha value is -1.74. The summed E-state index contributed by atoms with van der Waals surface area (Å²) in [6.07, 6.45) is 3.77. The Morgan fingerprint density at radius 3 is 2.71 bits per heavy atom. The number of hydrogen-bond acceptors (Lipinski definition) is 2. The molecule has 0 aliphatic rings. The largest absolute Gasteiger partial charge is 0.377 e. The summed E-state index contributed by atoms with van der Waals surface area (Å²) in [6, 6.07) is 11.5. The van der Waals surface area contributed by atoms with E-state index < -0.39 is 0 Å². The van der Waals surface area contributed by atoms with Gasteiger partial charge < -0.3 is 9.88 Å². The van der Waals surface area contributed by atoms with E-state index in [0.29, 0.717) is 0 Å². The van der Waals surface area contributed by atoms with Crippen molar-refractivity contribution in [2.75, 3.05) is 5.32 Å². The number of rotatable bonds is 6. The predicted octanol–water partition coefficient (Wildman–Crippen LogP) is 4.47. The molecule has 0 aliphatic heterocycles. The summed E-state index contributed by atoms with van der Waals surface area (Å²) >= 11 is 6.06. The van der Waals surface area contributed by atoms with Crippen LogP contribution in [-0.4, -0.2) is 4.57 Å². The molecule has 1 unspecified atom stereocenters. The van der Waals surface area contributed by atoms with Gasteiger partial charge in [0.15, 0.2) is 0 Å². The van der Waals surface area contributed by atoms with Gasteiger partial charge in [-0.3, -0.25) is 4.79 Å². The van der Waals surface area contributed by atoms with Crippen LogP contribution in [0.3, 0.4) is 0 Å². The van der Waals surface area contributed by atoms with E-state index in [1.54, 1.807) is 10.6 Å². The normalized spacial score (nSPS) is 12.1. The Bertz CT molecular complexity index is 651. The number of aryl methyl sites for hydroxylation is 1. The molecule has 1 N–H and O–H groups in total. The number of nitrogens with zero attached hydrogens (tertiary/aromatic N) is 1. The highest BCUT2D eigenvalue weighted by Crippen LogP contribution is 2.24. The number of nitrogens with one attached hydrogen (secondary N) is 1. The number of pyridine rings is 1. The molecule has 0 spiro atoms. The van der Waals surface area contributed by atoms with Crippen molar-refractivity contribution >= 4 is 17.3 Å². The second-order valence-corrected chi connectivity index (χ2v) is 5.55. The summed E-state index contributed by atoms with van der Waals surface area (Å²) in [7, 11) is 0. The molecule has 0 saturated carbocycles. The Morgan fingerprint density at radius 1 is 1.24 bits per heavy atom. The predicted molar refractivity (Wildman–Crippen MR) is 89.1 cm³/mol. The molecule has 112 valence electrons. The van der Waals surface area contributed by atoms with Crippen molar-refractivity contribution in [3.63, 3.8) is 0 Å². The second kappa shape index (κ2) is 7.32. The second-order valence-electron chi connectivity index (χ2n) is 5.11. The quantitative estimate of drug-likeness (QED) is 0.854. The topological polar surface area (TPSA) is 34.0 Å². The van der Waals surface area contributed by atoms with Gasteiger partial charge in [0.2, 0.25) is 0 Å². The lowest BCUT2D eigenvalue weighted by Gasteiger charge is -2.19. The van der Waals surface area contributed by atoms with Crippen molar-refractivity contribution in [1.82, 2.24) is 4.57 Å². The molecule has 1 aromatic heterocycles. The van der Waals surface area contributed by atoms with E-state index in [1.807, 2.05) is 30.5 Å². The number of halogens is 1. The zero-order valence-electron chi connectivity index (χ0n) is 12.5. The summed E-state index contributed by atoms with van der Waals surface area (Å²) in [5.41, 5.74) is 2.14. The molecule has 0 bridgehead atoms. The molecule has 3 nitrogen and oxygen atoms in total. The van der Waals surface area contributed by atoms with Gasteiger partial charge >= 0.3 is 0 Å². The van der Waals surface area contributed by atoms with E-state index in [0.717, 1.165) is 35.7 Å². The highest BCUT2D eigenvalue weighted by Gasteiger charge is 2.10. The molecule has 0 radical (unpaired) electrons. The van der Waals surface area contributed by atoms with Crippen LogP contribution in [0.1, 0.15) is 38.3 Å². The first-order valence-electron chi connectivity index (χ1n) is 7.36. The van der Waals surface area contributed by atoms with E-state index in [2.05, 4.69) is 25.2 Å². The van der Waals surface area contributed by atoms with E-state index in [-0.39, 0.29) is 11.6 Å². The smallest absolute Gasteiger partial charge is 0.250 e. The lowest BCUT2D eigenvalue weighted by molar-refractivity contribution is 0.652. The molecule has 1 atom stereocenters. The van der Waals surface area contributed by atoms with Crippen molar-refractivity contribution in [2.45, 2.75) is 39.3 Å². The Balaban J connectivity index is 2.22. The van der Waals surface area contributed by atoms with Gasteiger partial charge in [-0.25, -0.2) is 0 Å². The van der Waals surface area contributed by atoms with Gasteiger partial charge in [-0.2, -0.15) is 0 Å². The van der Waals surface area contributed by atoms with Crippen LogP contribution in [0.2, 0.25) is 5.02 Å². The number of anilines is 1. The summed E-state index contributed by atoms with van der Waals surface area (Å²) in [4.78, 5) is 11.7. The maximum atomic E-state index is 11.7. The van der Waals surface area contributed by atoms with E-state index in [1.165, 1.54) is 0 Å². The molecule has 1 aromatic carbocycles. The molecule has 0 amide bonds. The summed E-state index contributed by atoms with van der Waals surface area (Å²) in [5, 5.41) is 4.22. The molecule has 2 aromatic rings. The van der Waals surface area contributed by atoms with Gasteiger partial charge in [-0.15, -0.1) is 0 Å². The van der Waals surface area contributed by atoms with E-state index in [4.69, 9.17) is 11.6 Å². The first kappa shape index (κ1) is 15.6. The van der Waals surface area contributed by atoms with Crippen LogP contribution in [-0.2, 0) is 6.54 Å². The van der Waals surface area contributed by atoms with Crippen molar-refractivity contribution in [1.29, 1.82) is 0 Å². The highest BCUT2D eigenvalue weighted by atomic mass is 35.5. The average Bonchev–Trinajstić information content (AvgIpc) is 2.48. The highest BCUT2D eigenvalue weighted by molar-refractivity contribution is 6.30. The molecule has 21 heavy (non-hydrogen) atoms. The fourth-order valence-corrected chi connectivity index (χ4v) is 2.58. The summed E-state index contributed by atoms with van der Waals surface area (Å²) < 4.78 is 1.74. The van der Waals surface area contributed by atoms with Gasteiger partial charge in [0, 0.05) is 23.8 Å². The molecule has 0 fully saturated rings. The minimum Gasteiger partial charge on any atom is -0.377 e. The number of aromatic nitrogens is 1. The maximum absolute atomic E-state index is 11.7. The third-order valence-electron chi connectivity index (χ3n) is 3.45. The standard InChI is InChI=1S/C17H21ClN2O/c1-3-10-20-12-15(8-9-17(20)21)19-16(4-2)13-6-5-7-14(18)11-13/h5-9,11-12,16,19H,3-4,10H2,1-2H3. The zero-order valence-corrected chi connectivity index (χ0v) is 13.2. The zero-order chi connectivity index (χ0) is 15.2. The number of hydrogen-bond donors (Lipinski definition) is 1. The molecular formula is C17H21ClN2O. The van der Waals surface area contributed by atoms with Crippen LogP contribution >= 0.6 is 11.6 Å². The Morgan fingerprint density at radius 2 is 2.05 bits per heavy atom. The van der Waals surface area contributed by atoms with Crippen LogP contribution < -0.4 is 10.9 Å². The fraction of sp³-hybridized carbons (Fsp3) is 0.353. The van der Waals surface area contributed by atoms with Crippen molar-refractivity contribution in [2.24, 2.45) is 0 Å². The summed E-state index contributed by atoms with van der Waals surface area (Å²) in [6.45, 7) is 4.93. The van der Waals surface area contributed by atoms with E-state index >= 15 is 0 Å². The molecule has 1 heterocycles. The first-order chi connectivity index (χ1) is 10.1.